The average Bonchev–Trinajstić information content (AvgIpc) is 2.61. The summed E-state index contributed by atoms with van der Waals surface area (Å²) in [5, 5.41) is 0. The number of ether oxygens (including phenoxy) is 2. The molecular weight excluding hydrogens is 320 g/mol. The number of carbonyl (C=O) groups excluding carboxylic acids is 2. The van der Waals surface area contributed by atoms with E-state index in [0.29, 0.717) is 39.2 Å². The molecule has 0 aliphatic carbocycles. The van der Waals surface area contributed by atoms with Gasteiger partial charge in [-0.2, -0.15) is 0 Å². The van der Waals surface area contributed by atoms with E-state index in [1.807, 2.05) is 39.0 Å². The maximum absolute atomic E-state index is 12.8. The second kappa shape index (κ2) is 8.74. The van der Waals surface area contributed by atoms with E-state index in [9.17, 15) is 9.59 Å². The van der Waals surface area contributed by atoms with Gasteiger partial charge in [-0.25, -0.2) is 4.79 Å². The van der Waals surface area contributed by atoms with Crippen LogP contribution in [-0.4, -0.2) is 60.7 Å². The largest absolute Gasteiger partial charge is 0.480 e. The van der Waals surface area contributed by atoms with Crippen LogP contribution in [0.5, 0.6) is 5.75 Å². The molecule has 6 nitrogen and oxygen atoms in total. The summed E-state index contributed by atoms with van der Waals surface area (Å²) in [6, 6.07) is 5.95. The van der Waals surface area contributed by atoms with Crippen LogP contribution in [0.1, 0.15) is 31.4 Å². The van der Waals surface area contributed by atoms with Crippen molar-refractivity contribution in [1.29, 1.82) is 0 Å². The molecule has 1 aliphatic rings. The minimum atomic E-state index is -0.504. The number of nitrogens with zero attached hydrogens (tertiary/aromatic N) is 2. The van der Waals surface area contributed by atoms with Crippen LogP contribution in [0.25, 0.3) is 0 Å². The Bertz CT molecular complexity index is 609. The van der Waals surface area contributed by atoms with E-state index in [-0.39, 0.29) is 12.0 Å². The molecule has 0 radical (unpaired) electrons. The van der Waals surface area contributed by atoms with Crippen LogP contribution in [0.15, 0.2) is 18.2 Å². The third-order valence-corrected chi connectivity index (χ3v) is 4.36. The Balaban J connectivity index is 1.95. The number of carbonyl (C=O) groups is 2. The fraction of sp³-hybridized carbons (Fsp3) is 0.579. The number of aryl methyl sites for hydroxylation is 2. The maximum atomic E-state index is 12.8. The molecule has 1 fully saturated rings. The standard InChI is InChI=1S/C19H28N2O4/c1-5-16(25-17-8-7-14(3)13-15(17)4)18(22)20-9-11-21(12-10-20)19(23)24-6-2/h7-8,13,16H,5-6,9-12H2,1-4H3/t16-/m0/s1. The highest BCUT2D eigenvalue weighted by molar-refractivity contribution is 5.81. The van der Waals surface area contributed by atoms with Gasteiger partial charge in [0.05, 0.1) is 6.61 Å². The number of benzene rings is 1. The molecule has 1 aliphatic heterocycles. The number of hydrogen-bond donors (Lipinski definition) is 0. The highest BCUT2D eigenvalue weighted by Gasteiger charge is 2.29. The normalized spacial score (nSPS) is 15.7. The molecule has 0 aromatic heterocycles. The highest BCUT2D eigenvalue weighted by Crippen LogP contribution is 2.22. The lowest BCUT2D eigenvalue weighted by Crippen LogP contribution is -2.53. The molecule has 2 amide bonds. The van der Waals surface area contributed by atoms with Gasteiger partial charge in [-0.1, -0.05) is 24.6 Å². The molecule has 0 spiro atoms. The molecule has 1 saturated heterocycles. The van der Waals surface area contributed by atoms with Crippen LogP contribution in [0.2, 0.25) is 0 Å². The third kappa shape index (κ3) is 4.87. The van der Waals surface area contributed by atoms with Gasteiger partial charge >= 0.3 is 6.09 Å². The van der Waals surface area contributed by atoms with Gasteiger partial charge in [-0.05, 0) is 38.8 Å². The van der Waals surface area contributed by atoms with Gasteiger partial charge < -0.3 is 19.3 Å². The van der Waals surface area contributed by atoms with Crippen molar-refractivity contribution >= 4 is 12.0 Å². The third-order valence-electron chi connectivity index (χ3n) is 4.36. The minimum absolute atomic E-state index is 0.0222. The molecular formula is C19H28N2O4. The van der Waals surface area contributed by atoms with E-state index >= 15 is 0 Å². The fourth-order valence-electron chi connectivity index (χ4n) is 2.92. The molecule has 1 aromatic carbocycles. The number of piperazine rings is 1. The monoisotopic (exact) mass is 348 g/mol. The van der Waals surface area contributed by atoms with E-state index in [1.54, 1.807) is 16.7 Å². The van der Waals surface area contributed by atoms with Gasteiger partial charge in [0.25, 0.3) is 5.91 Å². The summed E-state index contributed by atoms with van der Waals surface area (Å²) in [6.45, 7) is 10.1. The molecule has 1 atom stereocenters. The van der Waals surface area contributed by atoms with Crippen LogP contribution >= 0.6 is 0 Å². The van der Waals surface area contributed by atoms with Gasteiger partial charge in [0, 0.05) is 26.2 Å². The van der Waals surface area contributed by atoms with Crippen molar-refractivity contribution in [3.63, 3.8) is 0 Å². The van der Waals surface area contributed by atoms with Gasteiger partial charge in [0.1, 0.15) is 5.75 Å². The fourth-order valence-corrected chi connectivity index (χ4v) is 2.92. The van der Waals surface area contributed by atoms with Crippen molar-refractivity contribution < 1.29 is 19.1 Å². The van der Waals surface area contributed by atoms with Crippen LogP contribution in [-0.2, 0) is 9.53 Å². The zero-order valence-corrected chi connectivity index (χ0v) is 15.6. The van der Waals surface area contributed by atoms with Crippen molar-refractivity contribution in [2.24, 2.45) is 0 Å². The Kier molecular flexibility index (Phi) is 6.67. The Morgan fingerprint density at radius 1 is 1.08 bits per heavy atom. The summed E-state index contributed by atoms with van der Waals surface area (Å²) in [5.74, 6) is 0.724. The Hall–Kier alpha value is -2.24. The molecule has 2 rings (SSSR count). The molecule has 1 aromatic rings. The second-order valence-electron chi connectivity index (χ2n) is 6.29. The lowest BCUT2D eigenvalue weighted by molar-refractivity contribution is -0.140. The van der Waals surface area contributed by atoms with Crippen molar-refractivity contribution in [2.45, 2.75) is 40.2 Å². The first-order valence-electron chi connectivity index (χ1n) is 8.90. The lowest BCUT2D eigenvalue weighted by atomic mass is 10.1. The second-order valence-corrected chi connectivity index (χ2v) is 6.29. The molecule has 0 saturated carbocycles. The molecule has 0 N–H and O–H groups in total. The first-order chi connectivity index (χ1) is 12.0. The van der Waals surface area contributed by atoms with Gasteiger partial charge in [0.2, 0.25) is 0 Å². The highest BCUT2D eigenvalue weighted by atomic mass is 16.6. The van der Waals surface area contributed by atoms with Gasteiger partial charge in [0.15, 0.2) is 6.10 Å². The Labute approximate surface area is 149 Å². The first kappa shape index (κ1) is 19.1. The predicted molar refractivity (Wildman–Crippen MR) is 95.8 cm³/mol. The maximum Gasteiger partial charge on any atom is 0.409 e. The lowest BCUT2D eigenvalue weighted by Gasteiger charge is -2.35. The predicted octanol–water partition coefficient (Wildman–Crippen LogP) is 2.76. The Morgan fingerprint density at radius 2 is 1.72 bits per heavy atom. The molecule has 0 bridgehead atoms. The summed E-state index contributed by atoms with van der Waals surface area (Å²) < 4.78 is 11.0. The van der Waals surface area contributed by atoms with Crippen LogP contribution in [0, 0.1) is 13.8 Å². The molecule has 0 unspecified atom stereocenters. The number of amides is 2. The zero-order chi connectivity index (χ0) is 18.4. The summed E-state index contributed by atoms with van der Waals surface area (Å²) in [5.41, 5.74) is 2.19. The molecule has 25 heavy (non-hydrogen) atoms. The number of hydrogen-bond acceptors (Lipinski definition) is 4. The molecule has 6 heteroatoms. The van der Waals surface area contributed by atoms with E-state index < -0.39 is 6.10 Å². The van der Waals surface area contributed by atoms with Crippen molar-refractivity contribution in [3.8, 4) is 5.75 Å². The summed E-state index contributed by atoms with van der Waals surface area (Å²) in [4.78, 5) is 27.9. The SMILES string of the molecule is CCOC(=O)N1CCN(C(=O)[C@H](CC)Oc2ccc(C)cc2C)CC1. The van der Waals surface area contributed by atoms with Gasteiger partial charge in [-0.3, -0.25) is 4.79 Å². The summed E-state index contributed by atoms with van der Waals surface area (Å²) in [7, 11) is 0. The summed E-state index contributed by atoms with van der Waals surface area (Å²) >= 11 is 0. The molecule has 1 heterocycles. The van der Waals surface area contributed by atoms with E-state index in [4.69, 9.17) is 9.47 Å². The minimum Gasteiger partial charge on any atom is -0.480 e. The topological polar surface area (TPSA) is 59.1 Å². The smallest absolute Gasteiger partial charge is 0.409 e. The van der Waals surface area contributed by atoms with E-state index in [1.165, 1.54) is 5.56 Å². The van der Waals surface area contributed by atoms with Crippen molar-refractivity contribution in [3.05, 3.63) is 29.3 Å². The van der Waals surface area contributed by atoms with Crippen LogP contribution < -0.4 is 4.74 Å². The van der Waals surface area contributed by atoms with Crippen molar-refractivity contribution in [1.82, 2.24) is 9.80 Å². The van der Waals surface area contributed by atoms with Gasteiger partial charge in [-0.15, -0.1) is 0 Å². The Morgan fingerprint density at radius 3 is 2.28 bits per heavy atom. The van der Waals surface area contributed by atoms with Crippen LogP contribution in [0.3, 0.4) is 0 Å². The average molecular weight is 348 g/mol. The quantitative estimate of drug-likeness (QED) is 0.821. The number of rotatable bonds is 5. The molecule has 138 valence electrons. The van der Waals surface area contributed by atoms with E-state index in [2.05, 4.69) is 0 Å². The van der Waals surface area contributed by atoms with E-state index in [0.717, 1.165) is 11.3 Å². The summed E-state index contributed by atoms with van der Waals surface area (Å²) in [6.07, 6.45) is -0.215. The van der Waals surface area contributed by atoms with Crippen LogP contribution in [0.4, 0.5) is 4.79 Å². The van der Waals surface area contributed by atoms with Crippen molar-refractivity contribution in [2.75, 3.05) is 32.8 Å². The zero-order valence-electron chi connectivity index (χ0n) is 15.6. The first-order valence-corrected chi connectivity index (χ1v) is 8.90.